The average Bonchev–Trinajstić information content (AvgIpc) is 2.30. The first-order valence-electron chi connectivity index (χ1n) is 5.97. The number of nitroso groups, excluding NO2 is 1. The van der Waals surface area contributed by atoms with Crippen LogP contribution in [0.15, 0.2) is 23.4 Å². The van der Waals surface area contributed by atoms with Gasteiger partial charge >= 0.3 is 0 Å². The molecule has 0 heterocycles. The van der Waals surface area contributed by atoms with E-state index in [1.165, 1.54) is 0 Å². The smallest absolute Gasteiger partial charge is 0.0811 e. The number of nitrogens with zero attached hydrogens (tertiary/aromatic N) is 1. The van der Waals surface area contributed by atoms with Crippen molar-refractivity contribution in [2.24, 2.45) is 5.18 Å². The molecular formula is C13H17Cl2NO. The highest BCUT2D eigenvalue weighted by atomic mass is 35.5. The zero-order valence-corrected chi connectivity index (χ0v) is 11.3. The second-order valence-corrected chi connectivity index (χ2v) is 4.95. The number of hydrogen-bond donors (Lipinski definition) is 0. The van der Waals surface area contributed by atoms with E-state index in [0.717, 1.165) is 49.1 Å². The summed E-state index contributed by atoms with van der Waals surface area (Å²) in [5, 5.41) is 4.27. The van der Waals surface area contributed by atoms with E-state index >= 15 is 0 Å². The molecule has 0 unspecified atom stereocenters. The summed E-state index contributed by atoms with van der Waals surface area (Å²) in [7, 11) is 0. The highest BCUT2D eigenvalue weighted by molar-refractivity contribution is 6.35. The Morgan fingerprint density at radius 3 is 2.41 bits per heavy atom. The van der Waals surface area contributed by atoms with Crippen molar-refractivity contribution in [3.05, 3.63) is 38.7 Å². The lowest BCUT2D eigenvalue weighted by molar-refractivity contribution is 0.618. The Kier molecular flexibility index (Phi) is 7.22. The van der Waals surface area contributed by atoms with E-state index < -0.39 is 0 Å². The maximum absolute atomic E-state index is 9.87. The van der Waals surface area contributed by atoms with Crippen molar-refractivity contribution in [1.29, 1.82) is 0 Å². The fourth-order valence-corrected chi connectivity index (χ4v) is 2.25. The summed E-state index contributed by atoms with van der Waals surface area (Å²) >= 11 is 11.9. The molecule has 1 aromatic carbocycles. The van der Waals surface area contributed by atoms with Gasteiger partial charge in [0.05, 0.1) is 6.54 Å². The Balaban J connectivity index is 2.15. The summed E-state index contributed by atoms with van der Waals surface area (Å²) in [6.07, 6.45) is 6.42. The van der Waals surface area contributed by atoms with Crippen molar-refractivity contribution >= 4 is 23.2 Å². The number of benzene rings is 1. The lowest BCUT2D eigenvalue weighted by atomic mass is 10.1. The molecule has 0 aliphatic rings. The van der Waals surface area contributed by atoms with Gasteiger partial charge in [-0.3, -0.25) is 0 Å². The predicted octanol–water partition coefficient (Wildman–Crippen LogP) is 5.25. The summed E-state index contributed by atoms with van der Waals surface area (Å²) in [5.74, 6) is 0. The van der Waals surface area contributed by atoms with Crippen molar-refractivity contribution < 1.29 is 0 Å². The van der Waals surface area contributed by atoms with Gasteiger partial charge in [0.15, 0.2) is 0 Å². The molecule has 1 aromatic rings. The van der Waals surface area contributed by atoms with Crippen LogP contribution >= 0.6 is 23.2 Å². The zero-order valence-electron chi connectivity index (χ0n) is 9.79. The van der Waals surface area contributed by atoms with E-state index in [-0.39, 0.29) is 0 Å². The van der Waals surface area contributed by atoms with Crippen LogP contribution in [0.4, 0.5) is 0 Å². The normalized spacial score (nSPS) is 10.5. The third-order valence-corrected chi connectivity index (χ3v) is 3.30. The molecule has 0 atom stereocenters. The third kappa shape index (κ3) is 6.04. The Hall–Kier alpha value is -0.600. The summed E-state index contributed by atoms with van der Waals surface area (Å²) in [5.41, 5.74) is 1.16. The summed E-state index contributed by atoms with van der Waals surface area (Å²) in [4.78, 5) is 9.87. The van der Waals surface area contributed by atoms with Crippen LogP contribution in [0.5, 0.6) is 0 Å². The van der Waals surface area contributed by atoms with Crippen molar-refractivity contribution in [1.82, 2.24) is 0 Å². The van der Waals surface area contributed by atoms with E-state index in [1.807, 2.05) is 12.1 Å². The van der Waals surface area contributed by atoms with Gasteiger partial charge in [0, 0.05) is 10.0 Å². The van der Waals surface area contributed by atoms with Gasteiger partial charge in [-0.2, -0.15) is 4.91 Å². The highest BCUT2D eigenvalue weighted by Crippen LogP contribution is 2.22. The van der Waals surface area contributed by atoms with Crippen molar-refractivity contribution in [2.45, 2.75) is 38.5 Å². The Morgan fingerprint density at radius 1 is 1.00 bits per heavy atom. The minimum Gasteiger partial charge on any atom is -0.151 e. The van der Waals surface area contributed by atoms with Gasteiger partial charge in [0.2, 0.25) is 0 Å². The van der Waals surface area contributed by atoms with Gasteiger partial charge in [0.25, 0.3) is 0 Å². The van der Waals surface area contributed by atoms with Crippen LogP contribution in [0, 0.1) is 4.91 Å². The van der Waals surface area contributed by atoms with Gasteiger partial charge in [0.1, 0.15) is 0 Å². The van der Waals surface area contributed by atoms with E-state index in [4.69, 9.17) is 23.2 Å². The average molecular weight is 274 g/mol. The summed E-state index contributed by atoms with van der Waals surface area (Å²) in [6.45, 7) is 0.447. The molecule has 0 saturated carbocycles. The first-order valence-corrected chi connectivity index (χ1v) is 6.72. The fraction of sp³-hybridized carbons (Fsp3) is 0.538. The highest BCUT2D eigenvalue weighted by Gasteiger charge is 2.01. The van der Waals surface area contributed by atoms with Gasteiger partial charge in [-0.05, 0) is 37.0 Å². The molecule has 1 rings (SSSR count). The van der Waals surface area contributed by atoms with Crippen LogP contribution in [0.1, 0.15) is 37.7 Å². The first kappa shape index (κ1) is 14.5. The van der Waals surface area contributed by atoms with Crippen LogP contribution in [0.25, 0.3) is 0 Å². The van der Waals surface area contributed by atoms with E-state index in [0.29, 0.717) is 11.6 Å². The molecule has 0 radical (unpaired) electrons. The summed E-state index contributed by atoms with van der Waals surface area (Å²) < 4.78 is 0. The van der Waals surface area contributed by atoms with Crippen molar-refractivity contribution in [2.75, 3.05) is 6.54 Å². The quantitative estimate of drug-likeness (QED) is 0.470. The van der Waals surface area contributed by atoms with Crippen LogP contribution in [-0.4, -0.2) is 6.54 Å². The molecule has 17 heavy (non-hydrogen) atoms. The fourth-order valence-electron chi connectivity index (χ4n) is 1.75. The van der Waals surface area contributed by atoms with E-state index in [2.05, 4.69) is 5.18 Å². The number of aryl methyl sites for hydroxylation is 1. The molecule has 0 aromatic heterocycles. The molecule has 4 heteroatoms. The SMILES string of the molecule is O=NCCCCCCCc1ccc(Cl)cc1Cl. The second-order valence-electron chi connectivity index (χ2n) is 4.11. The Bertz CT molecular complexity index is 355. The van der Waals surface area contributed by atoms with E-state index in [1.54, 1.807) is 6.07 Å². The maximum atomic E-state index is 9.87. The molecule has 0 aliphatic heterocycles. The largest absolute Gasteiger partial charge is 0.151 e. The number of halogens is 2. The molecule has 94 valence electrons. The lowest BCUT2D eigenvalue weighted by Gasteiger charge is -2.04. The molecule has 0 bridgehead atoms. The second kappa shape index (κ2) is 8.48. The minimum atomic E-state index is 0.447. The van der Waals surface area contributed by atoms with Crippen molar-refractivity contribution in [3.63, 3.8) is 0 Å². The van der Waals surface area contributed by atoms with Crippen LogP contribution < -0.4 is 0 Å². The number of rotatable bonds is 8. The topological polar surface area (TPSA) is 29.4 Å². The van der Waals surface area contributed by atoms with Crippen LogP contribution in [0.2, 0.25) is 10.0 Å². The molecule has 2 nitrogen and oxygen atoms in total. The van der Waals surface area contributed by atoms with Crippen molar-refractivity contribution in [3.8, 4) is 0 Å². The van der Waals surface area contributed by atoms with E-state index in [9.17, 15) is 4.91 Å². The Labute approximate surface area is 112 Å². The monoisotopic (exact) mass is 273 g/mol. The van der Waals surface area contributed by atoms with Gasteiger partial charge in [-0.25, -0.2) is 0 Å². The zero-order chi connectivity index (χ0) is 12.5. The minimum absolute atomic E-state index is 0.447. The van der Waals surface area contributed by atoms with Gasteiger partial charge in [-0.1, -0.05) is 53.7 Å². The summed E-state index contributed by atoms with van der Waals surface area (Å²) in [6, 6.07) is 5.65. The third-order valence-electron chi connectivity index (χ3n) is 2.71. The lowest BCUT2D eigenvalue weighted by Crippen LogP contribution is -1.88. The van der Waals surface area contributed by atoms with Crippen LogP contribution in [-0.2, 0) is 6.42 Å². The van der Waals surface area contributed by atoms with Gasteiger partial charge in [-0.15, -0.1) is 0 Å². The maximum Gasteiger partial charge on any atom is 0.0811 e. The number of hydrogen-bond acceptors (Lipinski definition) is 2. The predicted molar refractivity (Wildman–Crippen MR) is 73.9 cm³/mol. The molecule has 0 saturated heterocycles. The number of unbranched alkanes of at least 4 members (excludes halogenated alkanes) is 4. The van der Waals surface area contributed by atoms with Gasteiger partial charge < -0.3 is 0 Å². The molecule has 0 spiro atoms. The standard InChI is InChI=1S/C13H17Cl2NO/c14-12-8-7-11(13(15)10-12)6-4-2-1-3-5-9-16-17/h7-8,10H,1-6,9H2. The molecule has 0 N–H and O–H groups in total. The molecule has 0 fully saturated rings. The Morgan fingerprint density at radius 2 is 1.71 bits per heavy atom. The molecule has 0 amide bonds. The molecular weight excluding hydrogens is 257 g/mol. The molecule has 0 aliphatic carbocycles. The van der Waals surface area contributed by atoms with Crippen LogP contribution in [0.3, 0.4) is 0 Å². The first-order chi connectivity index (χ1) is 8.24.